The quantitative estimate of drug-likeness (QED) is 0.0661. The van der Waals surface area contributed by atoms with Crippen LogP contribution in [-0.2, 0) is 27.8 Å². The monoisotopic (exact) mass is 800 g/mol. The highest BCUT2D eigenvalue weighted by molar-refractivity contribution is 15.0. The normalized spacial score (nSPS) is 41.4. The molecule has 2 heterocycles. The first-order chi connectivity index (χ1) is 13.8. The van der Waals surface area contributed by atoms with E-state index in [0.29, 0.717) is 0 Å². The molecule has 0 aromatic heterocycles. The van der Waals surface area contributed by atoms with E-state index in [1.165, 1.54) is 0 Å². The molecule has 2 saturated heterocycles. The number of aliphatic hydroxyl groups is 5. The molecule has 0 spiro atoms. The number of ether oxygens (including phenoxy) is 3. The first kappa shape index (κ1) is 32.1. The smallest absolute Gasteiger partial charge is 0.198 e. The number of halogens is 3. The summed E-state index contributed by atoms with van der Waals surface area (Å²) in [6.07, 6.45) is -9.52. The predicted molar refractivity (Wildman–Crippen MR) is 130 cm³/mol. The molecule has 10 unspecified atom stereocenters. The average molecular weight is 800 g/mol. The Morgan fingerprint density at radius 1 is 0.867 bits per heavy atom. The van der Waals surface area contributed by atoms with Gasteiger partial charge in [0.2, 0.25) is 0 Å². The maximum absolute atomic E-state index is 10.3. The maximum atomic E-state index is 10.3. The van der Waals surface area contributed by atoms with Crippen LogP contribution < -0.4 is 0 Å². The van der Waals surface area contributed by atoms with Gasteiger partial charge in [-0.1, -0.05) is 18.9 Å². The van der Waals surface area contributed by atoms with Crippen LogP contribution in [0.2, 0.25) is 0 Å². The Morgan fingerprint density at radius 3 is 1.93 bits per heavy atom. The lowest BCUT2D eigenvalue weighted by Crippen LogP contribution is -2.61. The van der Waals surface area contributed by atoms with Crippen LogP contribution in [0.1, 0.15) is 13.8 Å². The zero-order chi connectivity index (χ0) is 22.1. The molecule has 2 aliphatic heterocycles. The third kappa shape index (κ3) is 8.37. The highest BCUT2D eigenvalue weighted by Gasteiger charge is 2.49. The Kier molecular flexibility index (Phi) is 17.8. The highest BCUT2D eigenvalue weighted by atomic mass is 128. The molecule has 2 fully saturated rings. The van der Waals surface area contributed by atoms with E-state index in [0.717, 1.165) is 0 Å². The van der Waals surface area contributed by atoms with Crippen molar-refractivity contribution in [1.29, 1.82) is 0 Å². The topological polar surface area (TPSA) is 177 Å². The van der Waals surface area contributed by atoms with Crippen molar-refractivity contribution in [2.45, 2.75) is 63.1 Å². The fourth-order valence-electron chi connectivity index (χ4n) is 3.06. The van der Waals surface area contributed by atoms with Crippen LogP contribution in [0.15, 0.2) is 0 Å². The van der Waals surface area contributed by atoms with Gasteiger partial charge in [0.05, 0.1) is 19.3 Å². The zero-order valence-corrected chi connectivity index (χ0v) is 23.4. The summed E-state index contributed by atoms with van der Waals surface area (Å²) < 4.78 is 26.0. The Hall–Kier alpha value is 2.06. The SMILES string of the molecule is CC1C(OC2OC(CO)C(O)C(O)C2OSOOO)OC(CO)C(O)C1C.I.II. The lowest BCUT2D eigenvalue weighted by atomic mass is 9.85. The molecule has 0 aliphatic carbocycles. The fourth-order valence-corrected chi connectivity index (χ4v) is 3.41. The van der Waals surface area contributed by atoms with Crippen molar-refractivity contribution in [3.05, 3.63) is 0 Å². The molecule has 0 amide bonds. The Balaban J connectivity index is 0.00000272. The second-order valence-electron chi connectivity index (χ2n) is 6.55. The first-order valence-corrected chi connectivity index (χ1v) is 15.5. The summed E-state index contributed by atoms with van der Waals surface area (Å²) in [5, 5.41) is 60.7. The maximum Gasteiger partial charge on any atom is 0.198 e. The summed E-state index contributed by atoms with van der Waals surface area (Å²) in [6.45, 7) is 2.51. The van der Waals surface area contributed by atoms with Crippen LogP contribution in [-0.4, -0.2) is 93.2 Å². The van der Waals surface area contributed by atoms with Crippen molar-refractivity contribution in [3.63, 3.8) is 0 Å². The molecular formula is C14H27I3O12S. The molecule has 0 bridgehead atoms. The van der Waals surface area contributed by atoms with Gasteiger partial charge >= 0.3 is 0 Å². The van der Waals surface area contributed by atoms with Gasteiger partial charge in [-0.15, -0.1) is 28.3 Å². The first-order valence-electron chi connectivity index (χ1n) is 8.52. The van der Waals surface area contributed by atoms with Crippen LogP contribution in [0.4, 0.5) is 0 Å². The Bertz CT molecular complexity index is 456. The summed E-state index contributed by atoms with van der Waals surface area (Å²) in [6, 6.07) is 0. The van der Waals surface area contributed by atoms with Crippen molar-refractivity contribution in [1.82, 2.24) is 0 Å². The minimum atomic E-state index is -1.54. The average Bonchev–Trinajstić information content (AvgIpc) is 2.74. The zero-order valence-electron chi connectivity index (χ0n) is 15.9. The Labute approximate surface area is 218 Å². The van der Waals surface area contributed by atoms with Gasteiger partial charge in [0.25, 0.3) is 0 Å². The molecule has 12 nitrogen and oxygen atoms in total. The molecule has 10 atom stereocenters. The van der Waals surface area contributed by atoms with Crippen LogP contribution >= 0.6 is 73.5 Å². The molecule has 182 valence electrons. The third-order valence-corrected chi connectivity index (χ3v) is 5.39. The molecule has 2 aliphatic rings. The van der Waals surface area contributed by atoms with Gasteiger partial charge < -0.3 is 39.7 Å². The van der Waals surface area contributed by atoms with Crippen LogP contribution in [0, 0.1) is 11.8 Å². The largest absolute Gasteiger partial charge is 0.394 e. The van der Waals surface area contributed by atoms with E-state index in [9.17, 15) is 25.5 Å². The summed E-state index contributed by atoms with van der Waals surface area (Å²) in [7, 11) is 0. The number of aliphatic hydroxyl groups excluding tert-OH is 5. The van der Waals surface area contributed by atoms with E-state index >= 15 is 0 Å². The number of hydrogen-bond donors (Lipinski definition) is 6. The van der Waals surface area contributed by atoms with E-state index in [1.807, 2.05) is 0 Å². The summed E-state index contributed by atoms with van der Waals surface area (Å²) in [4.78, 5) is 0. The molecule has 16 heteroatoms. The Morgan fingerprint density at radius 2 is 1.40 bits per heavy atom. The van der Waals surface area contributed by atoms with Crippen LogP contribution in [0.3, 0.4) is 0 Å². The second kappa shape index (κ2) is 16.6. The standard InChI is InChI=1S/C14H26O12S.I2.HI/c1-5-6(2)13(21-7(3-15)9(5)17)23-14-12(24-27-26-25-20)11(19)10(18)8(4-16)22-14;1-2;/h5-20H,3-4H2,1-2H3;;1H. The second-order valence-corrected chi connectivity index (χ2v) is 7.01. The van der Waals surface area contributed by atoms with E-state index in [-0.39, 0.29) is 48.1 Å². The van der Waals surface area contributed by atoms with Gasteiger partial charge in [-0.3, -0.25) is 4.18 Å². The van der Waals surface area contributed by atoms with Crippen molar-refractivity contribution < 1.29 is 58.6 Å². The van der Waals surface area contributed by atoms with Gasteiger partial charge in [0, 0.05) is 43.1 Å². The summed E-state index contributed by atoms with van der Waals surface area (Å²) in [5.74, 6) is -0.609. The number of hydrogen-bond acceptors (Lipinski definition) is 13. The van der Waals surface area contributed by atoms with Crippen LogP contribution in [0.5, 0.6) is 0 Å². The third-order valence-electron chi connectivity index (χ3n) is 4.97. The molecule has 0 aromatic carbocycles. The molecule has 2 rings (SSSR count). The van der Waals surface area contributed by atoms with E-state index < -0.39 is 62.4 Å². The van der Waals surface area contributed by atoms with E-state index in [1.54, 1.807) is 13.8 Å². The van der Waals surface area contributed by atoms with E-state index in [4.69, 9.17) is 23.7 Å². The van der Waals surface area contributed by atoms with Crippen molar-refractivity contribution in [2.24, 2.45) is 11.8 Å². The minimum Gasteiger partial charge on any atom is -0.394 e. The van der Waals surface area contributed by atoms with Crippen molar-refractivity contribution in [2.75, 3.05) is 13.2 Å². The molecule has 6 N–H and O–H groups in total. The molecule has 0 radical (unpaired) electrons. The minimum absolute atomic E-state index is 0. The van der Waals surface area contributed by atoms with Gasteiger partial charge in [-0.2, -0.15) is 0 Å². The van der Waals surface area contributed by atoms with Gasteiger partial charge in [-0.05, 0) is 5.92 Å². The number of rotatable bonds is 8. The predicted octanol–water partition coefficient (Wildman–Crippen LogP) is 0.551. The van der Waals surface area contributed by atoms with Crippen molar-refractivity contribution >= 4 is 73.5 Å². The molecule has 30 heavy (non-hydrogen) atoms. The van der Waals surface area contributed by atoms with Gasteiger partial charge in [0.15, 0.2) is 31.0 Å². The van der Waals surface area contributed by atoms with Crippen LogP contribution in [0.25, 0.3) is 0 Å². The summed E-state index contributed by atoms with van der Waals surface area (Å²) in [5.41, 5.74) is 0. The molecule has 0 saturated carbocycles. The van der Waals surface area contributed by atoms with Gasteiger partial charge in [0.1, 0.15) is 24.4 Å². The lowest BCUT2D eigenvalue weighted by molar-refractivity contribution is -0.435. The fraction of sp³-hybridized carbons (Fsp3) is 1.00. The van der Waals surface area contributed by atoms with E-state index in [2.05, 4.69) is 46.6 Å². The summed E-state index contributed by atoms with van der Waals surface area (Å²) >= 11 is 4.40. The lowest BCUT2D eigenvalue weighted by Gasteiger charge is -2.46. The van der Waals surface area contributed by atoms with Gasteiger partial charge in [-0.25, -0.2) is 5.26 Å². The molecule has 0 aromatic rings. The highest BCUT2D eigenvalue weighted by Crippen LogP contribution is 2.35. The molecular weight excluding hydrogens is 773 g/mol. The van der Waals surface area contributed by atoms with Crippen molar-refractivity contribution in [3.8, 4) is 0 Å².